The molecule has 61 heavy (non-hydrogen) atoms. The second-order valence-electron chi connectivity index (χ2n) is 16.1. The zero-order valence-corrected chi connectivity index (χ0v) is 34.3. The molecular weight excluding hydrogens is 785 g/mol. The Kier molecular flexibility index (Phi) is 12.0. The molecule has 5 aliphatic rings. The minimum Gasteiger partial charge on any atom is -0.494 e. The van der Waals surface area contributed by atoms with Crippen molar-refractivity contribution in [1.82, 2.24) is 30.0 Å². The molecule has 0 radical (unpaired) electrons. The van der Waals surface area contributed by atoms with E-state index in [1.807, 2.05) is 18.3 Å². The smallest absolute Gasteiger partial charge is 0.263 e. The summed E-state index contributed by atoms with van der Waals surface area (Å²) in [5.74, 6) is -0.809. The molecule has 2 aromatic heterocycles. The van der Waals surface area contributed by atoms with E-state index in [4.69, 9.17) is 4.74 Å². The summed E-state index contributed by atoms with van der Waals surface area (Å²) in [5.41, 5.74) is 2.70. The van der Waals surface area contributed by atoms with Crippen molar-refractivity contribution >= 4 is 58.9 Å². The van der Waals surface area contributed by atoms with Crippen LogP contribution >= 0.6 is 0 Å². The molecule has 320 valence electrons. The molecule has 1 aliphatic carbocycles. The third kappa shape index (κ3) is 8.62. The maximum Gasteiger partial charge on any atom is 0.263 e. The van der Waals surface area contributed by atoms with E-state index in [1.165, 1.54) is 19.1 Å². The number of nitrogens with one attached hydrogen (secondary N) is 4. The summed E-state index contributed by atoms with van der Waals surface area (Å²) in [4.78, 5) is 103. The van der Waals surface area contributed by atoms with Gasteiger partial charge in [0.25, 0.3) is 17.4 Å². The molecule has 2 unspecified atom stereocenters. The number of ketones is 1. The molecule has 1 saturated carbocycles. The van der Waals surface area contributed by atoms with E-state index in [1.54, 1.807) is 23.8 Å². The van der Waals surface area contributed by atoms with Gasteiger partial charge in [0.15, 0.2) is 12.1 Å². The van der Waals surface area contributed by atoms with Crippen LogP contribution in [0.2, 0.25) is 0 Å². The van der Waals surface area contributed by atoms with Crippen LogP contribution in [-0.4, -0.2) is 119 Å². The van der Waals surface area contributed by atoms with Crippen LogP contribution in [0.1, 0.15) is 107 Å². The van der Waals surface area contributed by atoms with Gasteiger partial charge in [-0.2, -0.15) is 0 Å². The fourth-order valence-electron chi connectivity index (χ4n) is 8.85. The molecular formula is C43H50N10O8. The molecule has 4 N–H and O–H groups in total. The number of hydrogen-bond acceptors (Lipinski definition) is 14. The van der Waals surface area contributed by atoms with Crippen molar-refractivity contribution in [3.05, 3.63) is 74.7 Å². The number of fused-ring (bicyclic) bond motifs is 2. The van der Waals surface area contributed by atoms with E-state index in [0.29, 0.717) is 55.5 Å². The number of pyridine rings is 2. The Morgan fingerprint density at radius 2 is 1.70 bits per heavy atom. The number of piperidine rings is 1. The lowest BCUT2D eigenvalue weighted by atomic mass is 10.0. The number of imide groups is 2. The lowest BCUT2D eigenvalue weighted by Crippen LogP contribution is -2.54. The number of carbonyl (C=O) groups excluding carboxylic acids is 6. The standard InChI is InChI=1S/C43H50N10O8/c1-25-32-23-46-43(49-38(32)52(27-7-3-4-8-27)42(60)37(25)26(2)54)47-34-13-9-28(22-45-34)51-18-16-50(17-19-51)24-36(56)44-15-5-6-20-61-29-10-11-30-31(21-29)41(59)53(40(30)58)33-12-14-35(55)48-39(33)57/h9-11,13,21-23,27,33,43,49H,3-8,12,14-20,24H2,1-2H3,(H,44,56)(H,45,47)(H,48,55,57). The molecule has 5 amide bonds. The average molecular weight is 835 g/mol. The largest absolute Gasteiger partial charge is 0.494 e. The van der Waals surface area contributed by atoms with E-state index in [2.05, 4.69) is 41.0 Å². The number of aliphatic imine (C=N–C) groups is 1. The fraction of sp³-hybridized carbons (Fsp3) is 0.465. The maximum absolute atomic E-state index is 13.6. The van der Waals surface area contributed by atoms with E-state index < -0.39 is 36.0 Å². The number of unbranched alkanes of at least 4 members (excludes halogenated alkanes) is 1. The highest BCUT2D eigenvalue weighted by Gasteiger charge is 2.44. The van der Waals surface area contributed by atoms with E-state index >= 15 is 0 Å². The molecule has 3 fully saturated rings. The fourth-order valence-corrected chi connectivity index (χ4v) is 8.85. The van der Waals surface area contributed by atoms with Gasteiger partial charge in [-0.1, -0.05) is 12.8 Å². The number of anilines is 3. The predicted octanol–water partition coefficient (Wildman–Crippen LogP) is 2.61. The Balaban J connectivity index is 0.743. The summed E-state index contributed by atoms with van der Waals surface area (Å²) < 4.78 is 7.59. The first-order valence-corrected chi connectivity index (χ1v) is 21.0. The van der Waals surface area contributed by atoms with Crippen LogP contribution in [0.4, 0.5) is 17.3 Å². The van der Waals surface area contributed by atoms with Gasteiger partial charge in [-0.15, -0.1) is 0 Å². The molecule has 2 atom stereocenters. The van der Waals surface area contributed by atoms with Crippen molar-refractivity contribution in [3.63, 3.8) is 0 Å². The lowest BCUT2D eigenvalue weighted by molar-refractivity contribution is -0.136. The van der Waals surface area contributed by atoms with Crippen molar-refractivity contribution in [3.8, 4) is 5.75 Å². The molecule has 0 spiro atoms. The van der Waals surface area contributed by atoms with Crippen LogP contribution < -0.4 is 36.5 Å². The second kappa shape index (κ2) is 17.7. The molecule has 4 aliphatic heterocycles. The number of hydrogen-bond donors (Lipinski definition) is 4. The number of carbonyl (C=O) groups is 6. The number of benzene rings is 1. The highest BCUT2D eigenvalue weighted by molar-refractivity contribution is 6.23. The summed E-state index contributed by atoms with van der Waals surface area (Å²) in [7, 11) is 0. The summed E-state index contributed by atoms with van der Waals surface area (Å²) in [5, 5.41) is 11.9. The Hall–Kier alpha value is -6.43. The minimum absolute atomic E-state index is 0.0326. The van der Waals surface area contributed by atoms with Crippen LogP contribution in [0.5, 0.6) is 5.75 Å². The SMILES string of the molecule is CC(=O)c1c(C)c2c(n(C3CCCC3)c1=O)NC(Nc1ccc(N3CCN(CC(=O)NCCCCOc4ccc5c(c4)C(=O)N(C4CCC(=O)NC4=O)C5=O)CC3)cn1)N=C2. The van der Waals surface area contributed by atoms with E-state index in [9.17, 15) is 33.6 Å². The van der Waals surface area contributed by atoms with Gasteiger partial charge in [-0.25, -0.2) is 9.98 Å². The van der Waals surface area contributed by atoms with Crippen molar-refractivity contribution < 1.29 is 33.5 Å². The first-order chi connectivity index (χ1) is 29.5. The summed E-state index contributed by atoms with van der Waals surface area (Å²) >= 11 is 0. The molecule has 18 heteroatoms. The van der Waals surface area contributed by atoms with E-state index in [-0.39, 0.29) is 52.8 Å². The Bertz CT molecular complexity index is 2350. The number of Topliss-reactive ketones (excluding diaryl/α,β-unsaturated/α-hetero) is 1. The van der Waals surface area contributed by atoms with Gasteiger partial charge >= 0.3 is 0 Å². The van der Waals surface area contributed by atoms with Crippen LogP contribution in [0.3, 0.4) is 0 Å². The molecule has 1 aromatic carbocycles. The predicted molar refractivity (Wildman–Crippen MR) is 225 cm³/mol. The average Bonchev–Trinajstić information content (AvgIpc) is 3.85. The number of rotatable bonds is 14. The number of nitrogens with zero attached hydrogens (tertiary/aromatic N) is 6. The van der Waals surface area contributed by atoms with Gasteiger partial charge in [0.1, 0.15) is 23.4 Å². The first kappa shape index (κ1) is 41.3. The van der Waals surface area contributed by atoms with Crippen molar-refractivity contribution in [2.75, 3.05) is 61.4 Å². The number of aromatic nitrogens is 2. The Morgan fingerprint density at radius 1 is 0.934 bits per heavy atom. The van der Waals surface area contributed by atoms with E-state index in [0.717, 1.165) is 68.0 Å². The van der Waals surface area contributed by atoms with Gasteiger partial charge in [-0.3, -0.25) is 53.2 Å². The minimum atomic E-state index is -1.02. The number of amides is 5. The Morgan fingerprint density at radius 3 is 2.43 bits per heavy atom. The summed E-state index contributed by atoms with van der Waals surface area (Å²) in [6.45, 7) is 7.27. The molecule has 8 rings (SSSR count). The maximum atomic E-state index is 13.6. The highest BCUT2D eigenvalue weighted by Crippen LogP contribution is 2.35. The van der Waals surface area contributed by atoms with Gasteiger partial charge in [-0.05, 0) is 81.8 Å². The van der Waals surface area contributed by atoms with Crippen LogP contribution in [-0.2, 0) is 14.4 Å². The monoisotopic (exact) mass is 834 g/mol. The first-order valence-electron chi connectivity index (χ1n) is 21.0. The third-order valence-electron chi connectivity index (χ3n) is 12.1. The highest BCUT2D eigenvalue weighted by atomic mass is 16.5. The van der Waals surface area contributed by atoms with Crippen molar-refractivity contribution in [2.24, 2.45) is 4.99 Å². The second-order valence-corrected chi connectivity index (χ2v) is 16.1. The zero-order chi connectivity index (χ0) is 42.8. The van der Waals surface area contributed by atoms with Crippen molar-refractivity contribution in [1.29, 1.82) is 0 Å². The van der Waals surface area contributed by atoms with Gasteiger partial charge in [0, 0.05) is 57.0 Å². The third-order valence-corrected chi connectivity index (χ3v) is 12.1. The lowest BCUT2D eigenvalue weighted by Gasteiger charge is -2.35. The molecule has 2 saturated heterocycles. The quantitative estimate of drug-likeness (QED) is 0.105. The molecule has 3 aromatic rings. The normalized spacial score (nSPS) is 20.3. The number of ether oxygens (including phenoxy) is 1. The van der Waals surface area contributed by atoms with Gasteiger partial charge in [0.2, 0.25) is 17.7 Å². The summed E-state index contributed by atoms with van der Waals surface area (Å²) in [6, 6.07) is 7.53. The van der Waals surface area contributed by atoms with Crippen LogP contribution in [0, 0.1) is 6.92 Å². The molecule has 6 heterocycles. The van der Waals surface area contributed by atoms with Crippen molar-refractivity contribution in [2.45, 2.75) is 83.6 Å². The number of piperazine rings is 1. The van der Waals surface area contributed by atoms with Crippen LogP contribution in [0.25, 0.3) is 0 Å². The zero-order valence-electron chi connectivity index (χ0n) is 34.3. The van der Waals surface area contributed by atoms with Gasteiger partial charge < -0.3 is 25.6 Å². The van der Waals surface area contributed by atoms with Gasteiger partial charge in [0.05, 0.1) is 41.7 Å². The van der Waals surface area contributed by atoms with Crippen LogP contribution in [0.15, 0.2) is 46.3 Å². The molecule has 0 bridgehead atoms. The topological polar surface area (TPSA) is 217 Å². The Labute approximate surface area is 352 Å². The summed E-state index contributed by atoms with van der Waals surface area (Å²) in [6.07, 6.45) is 8.34. The molecule has 18 nitrogen and oxygen atoms in total.